The van der Waals surface area contributed by atoms with Crippen molar-refractivity contribution in [1.29, 1.82) is 0 Å². The molecule has 0 saturated carbocycles. The highest BCUT2D eigenvalue weighted by Crippen LogP contribution is 2.21. The molecule has 1 aromatic heterocycles. The number of aromatic nitrogens is 2. The first-order valence-corrected chi connectivity index (χ1v) is 6.26. The van der Waals surface area contributed by atoms with Crippen LogP contribution in [0.15, 0.2) is 24.3 Å². The normalized spacial score (nSPS) is 10.4. The van der Waals surface area contributed by atoms with Crippen LogP contribution in [0.25, 0.3) is 0 Å². The van der Waals surface area contributed by atoms with Gasteiger partial charge in [-0.3, -0.25) is 0 Å². The zero-order chi connectivity index (χ0) is 13.1. The fourth-order valence-electron chi connectivity index (χ4n) is 1.35. The predicted molar refractivity (Wildman–Crippen MR) is 72.6 cm³/mol. The molecule has 0 aliphatic rings. The number of nitrogens with zero attached hydrogens (tertiary/aromatic N) is 2. The molecule has 1 heterocycles. The Morgan fingerprint density at radius 3 is 2.33 bits per heavy atom. The Morgan fingerprint density at radius 2 is 1.72 bits per heavy atom. The van der Waals surface area contributed by atoms with Crippen molar-refractivity contribution in [1.82, 2.24) is 9.97 Å². The molecule has 2 rings (SSSR count). The number of aryl methyl sites for hydroxylation is 1. The summed E-state index contributed by atoms with van der Waals surface area (Å²) in [6, 6.07) is 6.87. The monoisotopic (exact) mass is 302 g/mol. The molecule has 0 aliphatic carbocycles. The predicted octanol–water partition coefficient (Wildman–Crippen LogP) is 4.32. The van der Waals surface area contributed by atoms with Gasteiger partial charge in [-0.1, -0.05) is 34.8 Å². The second kappa shape index (κ2) is 5.74. The molecule has 0 bridgehead atoms. The Bertz CT molecular complexity index is 555. The summed E-state index contributed by atoms with van der Waals surface area (Å²) in [7, 11) is 0. The topological polar surface area (TPSA) is 35.0 Å². The lowest BCUT2D eigenvalue weighted by Gasteiger charge is -2.07. The van der Waals surface area contributed by atoms with Gasteiger partial charge in [-0.15, -0.1) is 0 Å². The van der Waals surface area contributed by atoms with E-state index >= 15 is 0 Å². The second-order valence-corrected chi connectivity index (χ2v) is 4.81. The van der Waals surface area contributed by atoms with Gasteiger partial charge in [0.05, 0.1) is 0 Å². The third-order valence-electron chi connectivity index (χ3n) is 2.21. The molecule has 0 amide bonds. The summed E-state index contributed by atoms with van der Waals surface area (Å²) in [4.78, 5) is 8.02. The summed E-state index contributed by atoms with van der Waals surface area (Å²) in [6.45, 7) is 2.10. The molecular formula is C12H9Cl3N2O. The van der Waals surface area contributed by atoms with Crippen LogP contribution in [-0.4, -0.2) is 9.97 Å². The second-order valence-electron chi connectivity index (χ2n) is 3.63. The summed E-state index contributed by atoms with van der Waals surface area (Å²) in [6.07, 6.45) is 0. The molecule has 18 heavy (non-hydrogen) atoms. The first-order chi connectivity index (χ1) is 8.54. The lowest BCUT2D eigenvalue weighted by Crippen LogP contribution is -2.02. The highest BCUT2D eigenvalue weighted by molar-refractivity contribution is 6.33. The fraction of sp³-hybridized carbons (Fsp3) is 0.167. The highest BCUT2D eigenvalue weighted by atomic mass is 35.5. The molecule has 0 fully saturated rings. The van der Waals surface area contributed by atoms with E-state index in [0.29, 0.717) is 26.9 Å². The quantitative estimate of drug-likeness (QED) is 0.792. The van der Waals surface area contributed by atoms with Gasteiger partial charge in [0.2, 0.25) is 0 Å². The van der Waals surface area contributed by atoms with Gasteiger partial charge in [0.25, 0.3) is 0 Å². The number of rotatable bonds is 3. The van der Waals surface area contributed by atoms with Gasteiger partial charge in [0.1, 0.15) is 22.7 Å². The molecule has 94 valence electrons. The summed E-state index contributed by atoms with van der Waals surface area (Å²) in [5.74, 6) is 1.12. The van der Waals surface area contributed by atoms with Crippen LogP contribution in [0.4, 0.5) is 0 Å². The maximum absolute atomic E-state index is 5.92. The van der Waals surface area contributed by atoms with E-state index in [4.69, 9.17) is 39.5 Å². The van der Waals surface area contributed by atoms with Crippen LogP contribution in [0.5, 0.6) is 5.75 Å². The number of ether oxygens (including phenoxy) is 1. The Kier molecular flexibility index (Phi) is 4.27. The van der Waals surface area contributed by atoms with Crippen LogP contribution in [0.1, 0.15) is 11.4 Å². The average molecular weight is 304 g/mol. The molecule has 0 unspecified atom stereocenters. The van der Waals surface area contributed by atoms with Crippen molar-refractivity contribution in [2.24, 2.45) is 0 Å². The largest absolute Gasteiger partial charge is 0.486 e. The molecule has 2 aromatic rings. The summed E-state index contributed by atoms with van der Waals surface area (Å²) >= 11 is 17.5. The fourth-order valence-corrected chi connectivity index (χ4v) is 1.93. The molecule has 0 saturated heterocycles. The van der Waals surface area contributed by atoms with Gasteiger partial charge in [0.15, 0.2) is 5.82 Å². The minimum absolute atomic E-state index is 0.196. The zero-order valence-electron chi connectivity index (χ0n) is 9.45. The first-order valence-electron chi connectivity index (χ1n) is 5.12. The standard InChI is InChI=1S/C12H9Cl3N2O/c1-7-4-8(2-3-9(7)13)18-6-12-16-10(14)5-11(15)17-12/h2-5H,6H2,1H3. The van der Waals surface area contributed by atoms with Gasteiger partial charge in [-0.25, -0.2) is 9.97 Å². The van der Waals surface area contributed by atoms with E-state index in [0.717, 1.165) is 5.56 Å². The zero-order valence-corrected chi connectivity index (χ0v) is 11.7. The number of benzene rings is 1. The van der Waals surface area contributed by atoms with Gasteiger partial charge < -0.3 is 4.74 Å². The van der Waals surface area contributed by atoms with E-state index in [1.807, 2.05) is 13.0 Å². The lowest BCUT2D eigenvalue weighted by atomic mass is 10.2. The van der Waals surface area contributed by atoms with E-state index in [1.165, 1.54) is 6.07 Å². The van der Waals surface area contributed by atoms with Crippen LogP contribution in [-0.2, 0) is 6.61 Å². The van der Waals surface area contributed by atoms with Crippen molar-refractivity contribution in [2.75, 3.05) is 0 Å². The van der Waals surface area contributed by atoms with Crippen LogP contribution in [0, 0.1) is 6.92 Å². The van der Waals surface area contributed by atoms with Crippen LogP contribution >= 0.6 is 34.8 Å². The third kappa shape index (κ3) is 3.48. The Morgan fingerprint density at radius 1 is 1.06 bits per heavy atom. The molecule has 0 radical (unpaired) electrons. The van der Waals surface area contributed by atoms with Crippen molar-refractivity contribution in [2.45, 2.75) is 13.5 Å². The minimum Gasteiger partial charge on any atom is -0.486 e. The highest BCUT2D eigenvalue weighted by Gasteiger charge is 2.04. The van der Waals surface area contributed by atoms with Crippen molar-refractivity contribution >= 4 is 34.8 Å². The summed E-state index contributed by atoms with van der Waals surface area (Å²) in [5, 5.41) is 1.28. The van der Waals surface area contributed by atoms with Crippen molar-refractivity contribution in [3.05, 3.63) is 51.0 Å². The molecular weight excluding hydrogens is 295 g/mol. The molecule has 0 spiro atoms. The molecule has 0 atom stereocenters. The molecule has 3 nitrogen and oxygen atoms in total. The van der Waals surface area contributed by atoms with E-state index < -0.39 is 0 Å². The van der Waals surface area contributed by atoms with Crippen molar-refractivity contribution in [3.63, 3.8) is 0 Å². The maximum atomic E-state index is 5.92. The number of hydrogen-bond donors (Lipinski definition) is 0. The summed E-state index contributed by atoms with van der Waals surface area (Å²) < 4.78 is 5.54. The van der Waals surface area contributed by atoms with Crippen molar-refractivity contribution in [3.8, 4) is 5.75 Å². The third-order valence-corrected chi connectivity index (χ3v) is 3.02. The van der Waals surface area contributed by atoms with E-state index in [1.54, 1.807) is 12.1 Å². The van der Waals surface area contributed by atoms with Crippen molar-refractivity contribution < 1.29 is 4.74 Å². The molecule has 1 aromatic carbocycles. The average Bonchev–Trinajstić information content (AvgIpc) is 2.29. The Balaban J connectivity index is 2.08. The minimum atomic E-state index is 0.196. The van der Waals surface area contributed by atoms with E-state index in [2.05, 4.69) is 9.97 Å². The Labute approximate surface area is 120 Å². The molecule has 0 N–H and O–H groups in total. The van der Waals surface area contributed by atoms with Gasteiger partial charge in [0, 0.05) is 11.1 Å². The smallest absolute Gasteiger partial charge is 0.169 e. The van der Waals surface area contributed by atoms with Gasteiger partial charge in [-0.2, -0.15) is 0 Å². The number of halogens is 3. The van der Waals surface area contributed by atoms with Gasteiger partial charge in [-0.05, 0) is 30.7 Å². The number of hydrogen-bond acceptors (Lipinski definition) is 3. The van der Waals surface area contributed by atoms with Gasteiger partial charge >= 0.3 is 0 Å². The van der Waals surface area contributed by atoms with Crippen LogP contribution < -0.4 is 4.74 Å². The van der Waals surface area contributed by atoms with E-state index in [-0.39, 0.29) is 6.61 Å². The first kappa shape index (κ1) is 13.4. The maximum Gasteiger partial charge on any atom is 0.169 e. The van der Waals surface area contributed by atoms with Crippen LogP contribution in [0.3, 0.4) is 0 Å². The van der Waals surface area contributed by atoms with E-state index in [9.17, 15) is 0 Å². The summed E-state index contributed by atoms with van der Waals surface area (Å²) in [5.41, 5.74) is 0.944. The molecule has 6 heteroatoms. The molecule has 0 aliphatic heterocycles. The Hall–Kier alpha value is -1.03. The lowest BCUT2D eigenvalue weighted by molar-refractivity contribution is 0.295. The van der Waals surface area contributed by atoms with Crippen LogP contribution in [0.2, 0.25) is 15.3 Å². The SMILES string of the molecule is Cc1cc(OCc2nc(Cl)cc(Cl)n2)ccc1Cl.